The predicted octanol–water partition coefficient (Wildman–Crippen LogP) is 1.65. The molecule has 6 heteroatoms. The second-order valence-corrected chi connectivity index (χ2v) is 5.36. The molecule has 2 N–H and O–H groups in total. The van der Waals surface area contributed by atoms with Crippen LogP contribution in [-0.2, 0) is 17.8 Å². The number of nitrogens with zero attached hydrogens (tertiary/aromatic N) is 3. The summed E-state index contributed by atoms with van der Waals surface area (Å²) in [4.78, 5) is 10.7. The number of carbonyl (C=O) groups is 1. The molecular formula is C15H17N3O3. The molecule has 0 spiro atoms. The highest BCUT2D eigenvalue weighted by atomic mass is 16.4. The first-order chi connectivity index (χ1) is 10.2. The number of aliphatic hydroxyl groups excluding tert-OH is 1. The standard InChI is InChI=1S/C15H17N3O3/c19-9-13-15(11-2-1-3-11)18(17-16-13)12-6-4-10(5-7-12)8-14(20)21/h4-7,11,19H,1-3,8-9H2,(H,20,21). The highest BCUT2D eigenvalue weighted by molar-refractivity contribution is 5.70. The average molecular weight is 287 g/mol. The van der Waals surface area contributed by atoms with Crippen molar-refractivity contribution in [1.29, 1.82) is 0 Å². The molecule has 0 amide bonds. The summed E-state index contributed by atoms with van der Waals surface area (Å²) in [6.45, 7) is -0.108. The van der Waals surface area contributed by atoms with E-state index in [0.29, 0.717) is 11.6 Å². The molecular weight excluding hydrogens is 270 g/mol. The van der Waals surface area contributed by atoms with E-state index in [4.69, 9.17) is 5.11 Å². The van der Waals surface area contributed by atoms with Crippen molar-refractivity contribution in [2.45, 2.75) is 38.2 Å². The van der Waals surface area contributed by atoms with E-state index >= 15 is 0 Å². The third-order valence-corrected chi connectivity index (χ3v) is 3.96. The van der Waals surface area contributed by atoms with Crippen molar-refractivity contribution in [2.24, 2.45) is 0 Å². The fourth-order valence-electron chi connectivity index (χ4n) is 2.64. The van der Waals surface area contributed by atoms with E-state index in [1.165, 1.54) is 6.42 Å². The molecule has 6 nitrogen and oxygen atoms in total. The predicted molar refractivity (Wildman–Crippen MR) is 75.2 cm³/mol. The van der Waals surface area contributed by atoms with Crippen LogP contribution in [0, 0.1) is 0 Å². The molecule has 2 aromatic rings. The lowest BCUT2D eigenvalue weighted by Gasteiger charge is -2.26. The first-order valence-corrected chi connectivity index (χ1v) is 7.05. The summed E-state index contributed by atoms with van der Waals surface area (Å²) in [6, 6.07) is 7.26. The molecule has 110 valence electrons. The largest absolute Gasteiger partial charge is 0.481 e. The summed E-state index contributed by atoms with van der Waals surface area (Å²) >= 11 is 0. The summed E-state index contributed by atoms with van der Waals surface area (Å²) in [7, 11) is 0. The molecule has 21 heavy (non-hydrogen) atoms. The van der Waals surface area contributed by atoms with Crippen LogP contribution in [0.1, 0.15) is 42.1 Å². The maximum atomic E-state index is 10.7. The minimum absolute atomic E-state index is 0.00894. The Hall–Kier alpha value is -2.21. The molecule has 3 rings (SSSR count). The SMILES string of the molecule is O=C(O)Cc1ccc(-n2nnc(CO)c2C2CCC2)cc1. The number of benzene rings is 1. The molecule has 0 saturated heterocycles. The van der Waals surface area contributed by atoms with Crippen LogP contribution in [0.3, 0.4) is 0 Å². The Kier molecular flexibility index (Phi) is 3.70. The number of hydrogen-bond donors (Lipinski definition) is 2. The van der Waals surface area contributed by atoms with Crippen LogP contribution >= 0.6 is 0 Å². The molecule has 0 bridgehead atoms. The molecule has 0 aliphatic heterocycles. The monoisotopic (exact) mass is 287 g/mol. The Bertz CT molecular complexity index is 645. The lowest BCUT2D eigenvalue weighted by atomic mass is 9.82. The van der Waals surface area contributed by atoms with Gasteiger partial charge in [-0.25, -0.2) is 4.68 Å². The zero-order valence-electron chi connectivity index (χ0n) is 11.6. The van der Waals surface area contributed by atoms with Gasteiger partial charge in [0.2, 0.25) is 0 Å². The van der Waals surface area contributed by atoms with E-state index in [1.54, 1.807) is 16.8 Å². The van der Waals surface area contributed by atoms with Gasteiger partial charge in [0.15, 0.2) is 0 Å². The first-order valence-electron chi connectivity index (χ1n) is 7.05. The highest BCUT2D eigenvalue weighted by Gasteiger charge is 2.27. The van der Waals surface area contributed by atoms with Crippen molar-refractivity contribution in [3.05, 3.63) is 41.2 Å². The average Bonchev–Trinajstić information content (AvgIpc) is 2.81. The summed E-state index contributed by atoms with van der Waals surface area (Å²) in [5.41, 5.74) is 3.21. The van der Waals surface area contributed by atoms with E-state index in [1.807, 2.05) is 12.1 Å². The minimum Gasteiger partial charge on any atom is -0.481 e. The third kappa shape index (κ3) is 2.67. The summed E-state index contributed by atoms with van der Waals surface area (Å²) < 4.78 is 1.76. The maximum absolute atomic E-state index is 10.7. The molecule has 1 aromatic heterocycles. The Morgan fingerprint density at radius 3 is 2.52 bits per heavy atom. The number of aromatic nitrogens is 3. The Balaban J connectivity index is 1.92. The molecule has 1 heterocycles. The van der Waals surface area contributed by atoms with Gasteiger partial charge in [-0.2, -0.15) is 0 Å². The van der Waals surface area contributed by atoms with Gasteiger partial charge in [-0.15, -0.1) is 5.10 Å². The van der Waals surface area contributed by atoms with E-state index in [-0.39, 0.29) is 13.0 Å². The van der Waals surface area contributed by atoms with Crippen molar-refractivity contribution < 1.29 is 15.0 Å². The molecule has 1 fully saturated rings. The number of rotatable bonds is 5. The lowest BCUT2D eigenvalue weighted by Crippen LogP contribution is -2.16. The Morgan fingerprint density at radius 2 is 2.00 bits per heavy atom. The van der Waals surface area contributed by atoms with Crippen LogP contribution < -0.4 is 0 Å². The molecule has 0 atom stereocenters. The van der Waals surface area contributed by atoms with Gasteiger partial charge in [-0.3, -0.25) is 4.79 Å². The van der Waals surface area contributed by atoms with Crippen molar-refractivity contribution in [2.75, 3.05) is 0 Å². The van der Waals surface area contributed by atoms with E-state index < -0.39 is 5.97 Å². The lowest BCUT2D eigenvalue weighted by molar-refractivity contribution is -0.136. The fourth-order valence-corrected chi connectivity index (χ4v) is 2.64. The summed E-state index contributed by atoms with van der Waals surface area (Å²) in [5.74, 6) is -0.443. The van der Waals surface area contributed by atoms with Crippen molar-refractivity contribution in [1.82, 2.24) is 15.0 Å². The minimum atomic E-state index is -0.846. The van der Waals surface area contributed by atoms with Crippen molar-refractivity contribution in [3.8, 4) is 5.69 Å². The van der Waals surface area contributed by atoms with Crippen LogP contribution in [0.4, 0.5) is 0 Å². The van der Waals surface area contributed by atoms with Crippen LogP contribution in [0.25, 0.3) is 5.69 Å². The number of aliphatic carboxylic acids is 1. The Labute approximate surface area is 122 Å². The van der Waals surface area contributed by atoms with Crippen LogP contribution in [-0.4, -0.2) is 31.2 Å². The summed E-state index contributed by atoms with van der Waals surface area (Å²) in [5, 5.41) is 26.4. The van der Waals surface area contributed by atoms with Crippen LogP contribution in [0.5, 0.6) is 0 Å². The quantitative estimate of drug-likeness (QED) is 0.873. The highest BCUT2D eigenvalue weighted by Crippen LogP contribution is 2.38. The molecule has 1 saturated carbocycles. The van der Waals surface area contributed by atoms with E-state index in [9.17, 15) is 9.90 Å². The topological polar surface area (TPSA) is 88.2 Å². The van der Waals surface area contributed by atoms with Crippen LogP contribution in [0.2, 0.25) is 0 Å². The number of carboxylic acids is 1. The van der Waals surface area contributed by atoms with Gasteiger partial charge in [-0.1, -0.05) is 23.8 Å². The summed E-state index contributed by atoms with van der Waals surface area (Å²) in [6.07, 6.45) is 3.39. The van der Waals surface area contributed by atoms with Gasteiger partial charge >= 0.3 is 5.97 Å². The van der Waals surface area contributed by atoms with Crippen LogP contribution in [0.15, 0.2) is 24.3 Å². The molecule has 1 aliphatic carbocycles. The van der Waals surface area contributed by atoms with Gasteiger partial charge in [0, 0.05) is 5.92 Å². The fraction of sp³-hybridized carbons (Fsp3) is 0.400. The number of aliphatic hydroxyl groups is 1. The first kappa shape index (κ1) is 13.8. The van der Waals surface area contributed by atoms with E-state index in [2.05, 4.69) is 10.3 Å². The smallest absolute Gasteiger partial charge is 0.307 e. The van der Waals surface area contributed by atoms with Crippen molar-refractivity contribution in [3.63, 3.8) is 0 Å². The molecule has 1 aromatic carbocycles. The number of carboxylic acid groups (broad SMARTS) is 1. The molecule has 1 aliphatic rings. The number of hydrogen-bond acceptors (Lipinski definition) is 4. The van der Waals surface area contributed by atoms with Crippen molar-refractivity contribution >= 4 is 5.97 Å². The molecule has 0 unspecified atom stereocenters. The van der Waals surface area contributed by atoms with Gasteiger partial charge < -0.3 is 10.2 Å². The van der Waals surface area contributed by atoms with Gasteiger partial charge in [0.1, 0.15) is 5.69 Å². The normalized spacial score (nSPS) is 14.9. The third-order valence-electron chi connectivity index (χ3n) is 3.96. The maximum Gasteiger partial charge on any atom is 0.307 e. The second-order valence-electron chi connectivity index (χ2n) is 5.36. The zero-order chi connectivity index (χ0) is 14.8. The Morgan fingerprint density at radius 1 is 1.29 bits per heavy atom. The van der Waals surface area contributed by atoms with Gasteiger partial charge in [-0.05, 0) is 30.5 Å². The zero-order valence-corrected chi connectivity index (χ0v) is 11.6. The second kappa shape index (κ2) is 5.65. The molecule has 0 radical (unpaired) electrons. The van der Waals surface area contributed by atoms with Gasteiger partial charge in [0.05, 0.1) is 24.4 Å². The van der Waals surface area contributed by atoms with Gasteiger partial charge in [0.25, 0.3) is 0 Å². The van der Waals surface area contributed by atoms with E-state index in [0.717, 1.165) is 29.8 Å².